The van der Waals surface area contributed by atoms with E-state index in [-0.39, 0.29) is 19.1 Å². The maximum atomic E-state index is 12.6. The second kappa shape index (κ2) is 9.17. The molecule has 0 amide bonds. The van der Waals surface area contributed by atoms with Crippen LogP contribution in [-0.4, -0.2) is 30.1 Å². The van der Waals surface area contributed by atoms with E-state index >= 15 is 0 Å². The van der Waals surface area contributed by atoms with Crippen molar-refractivity contribution in [3.63, 3.8) is 0 Å². The van der Waals surface area contributed by atoms with Crippen LogP contribution in [0, 0.1) is 5.92 Å². The van der Waals surface area contributed by atoms with Gasteiger partial charge in [-0.05, 0) is 52.2 Å². The van der Waals surface area contributed by atoms with E-state index in [9.17, 15) is 9.59 Å². The monoisotopic (exact) mass is 358 g/mol. The number of carbonyl (C=O) groups is 2. The number of ether oxygens (including phenoxy) is 2. The van der Waals surface area contributed by atoms with E-state index in [0.717, 1.165) is 5.56 Å². The lowest BCUT2D eigenvalue weighted by Crippen LogP contribution is -2.34. The Kier molecular flexibility index (Phi) is 6.95. The van der Waals surface area contributed by atoms with E-state index in [1.807, 2.05) is 26.0 Å². The molecule has 0 fully saturated rings. The van der Waals surface area contributed by atoms with Crippen molar-refractivity contribution < 1.29 is 19.1 Å². The number of nitrogens with one attached hydrogen (secondary N) is 1. The van der Waals surface area contributed by atoms with Crippen molar-refractivity contribution in [2.75, 3.05) is 13.2 Å². The number of dihydropyridines is 1. The molecule has 1 N–H and O–H groups in total. The van der Waals surface area contributed by atoms with E-state index in [1.54, 1.807) is 26.2 Å². The summed E-state index contributed by atoms with van der Waals surface area (Å²) in [6.07, 6.45) is 4.79. The van der Waals surface area contributed by atoms with Crippen LogP contribution < -0.4 is 5.32 Å². The molecule has 0 spiro atoms. The topological polar surface area (TPSA) is 77.5 Å². The second-order valence-electron chi connectivity index (χ2n) is 6.10. The second-order valence-corrected chi connectivity index (χ2v) is 6.10. The maximum Gasteiger partial charge on any atom is 0.336 e. The van der Waals surface area contributed by atoms with Crippen LogP contribution >= 0.6 is 0 Å². The minimum Gasteiger partial charge on any atom is -0.463 e. The van der Waals surface area contributed by atoms with Crippen LogP contribution in [-0.2, 0) is 25.5 Å². The summed E-state index contributed by atoms with van der Waals surface area (Å²) in [4.78, 5) is 29.2. The van der Waals surface area contributed by atoms with Crippen molar-refractivity contribution in [1.82, 2.24) is 10.3 Å². The minimum absolute atomic E-state index is 0.280. The zero-order valence-electron chi connectivity index (χ0n) is 15.8. The average molecular weight is 358 g/mol. The van der Waals surface area contributed by atoms with E-state index < -0.39 is 11.9 Å². The molecule has 0 saturated carbocycles. The Morgan fingerprint density at radius 2 is 1.65 bits per heavy atom. The molecule has 0 atom stereocenters. The van der Waals surface area contributed by atoms with Gasteiger partial charge in [0.25, 0.3) is 0 Å². The number of aromatic nitrogens is 1. The van der Waals surface area contributed by atoms with E-state index in [4.69, 9.17) is 9.47 Å². The largest absolute Gasteiger partial charge is 0.463 e. The van der Waals surface area contributed by atoms with Gasteiger partial charge >= 0.3 is 11.9 Å². The average Bonchev–Trinajstić information content (AvgIpc) is 2.60. The summed E-state index contributed by atoms with van der Waals surface area (Å²) < 4.78 is 10.5. The highest BCUT2D eigenvalue weighted by Gasteiger charge is 2.36. The van der Waals surface area contributed by atoms with Gasteiger partial charge in [-0.15, -0.1) is 0 Å². The Hall–Kier alpha value is -2.63. The van der Waals surface area contributed by atoms with Gasteiger partial charge in [-0.25, -0.2) is 9.59 Å². The molecule has 140 valence electrons. The number of hydrogen-bond acceptors (Lipinski definition) is 6. The third kappa shape index (κ3) is 4.50. The highest BCUT2D eigenvalue weighted by molar-refractivity contribution is 5.97. The Balaban J connectivity index is 2.37. The van der Waals surface area contributed by atoms with Gasteiger partial charge in [-0.3, -0.25) is 4.98 Å². The van der Waals surface area contributed by atoms with E-state index in [0.29, 0.717) is 35.4 Å². The van der Waals surface area contributed by atoms with Gasteiger partial charge in [0.05, 0.1) is 24.4 Å². The van der Waals surface area contributed by atoms with Crippen LogP contribution in [0.15, 0.2) is 47.1 Å². The summed E-state index contributed by atoms with van der Waals surface area (Å²) in [7, 11) is 0. The summed E-state index contributed by atoms with van der Waals surface area (Å²) in [5, 5.41) is 3.13. The first-order valence-corrected chi connectivity index (χ1v) is 8.91. The highest BCUT2D eigenvalue weighted by atomic mass is 16.5. The summed E-state index contributed by atoms with van der Waals surface area (Å²) in [5.41, 5.74) is 3.46. The first-order chi connectivity index (χ1) is 12.5. The van der Waals surface area contributed by atoms with Crippen molar-refractivity contribution in [2.24, 2.45) is 5.92 Å². The lowest BCUT2D eigenvalue weighted by atomic mass is 9.81. The van der Waals surface area contributed by atoms with Gasteiger partial charge < -0.3 is 14.8 Å². The van der Waals surface area contributed by atoms with Crippen molar-refractivity contribution in [1.29, 1.82) is 0 Å². The van der Waals surface area contributed by atoms with Crippen LogP contribution in [0.4, 0.5) is 0 Å². The fourth-order valence-corrected chi connectivity index (χ4v) is 3.24. The molecule has 2 heterocycles. The van der Waals surface area contributed by atoms with E-state index in [2.05, 4.69) is 10.3 Å². The van der Waals surface area contributed by atoms with Gasteiger partial charge in [0.1, 0.15) is 0 Å². The van der Waals surface area contributed by atoms with Gasteiger partial charge in [0.2, 0.25) is 0 Å². The minimum atomic E-state index is -0.400. The molecule has 1 aliphatic rings. The van der Waals surface area contributed by atoms with Crippen molar-refractivity contribution >= 4 is 11.9 Å². The molecule has 1 aromatic rings. The Labute approximate surface area is 154 Å². The first kappa shape index (κ1) is 19.7. The SMILES string of the molecule is CCOC(=O)C1=C(C)NC(C)=C(C(=O)OCC)C1CCc1cccnc1. The van der Waals surface area contributed by atoms with Crippen LogP contribution in [0.5, 0.6) is 0 Å². The zero-order valence-corrected chi connectivity index (χ0v) is 15.8. The molecular weight excluding hydrogens is 332 g/mol. The first-order valence-electron chi connectivity index (χ1n) is 8.91. The summed E-state index contributed by atoms with van der Waals surface area (Å²) in [6, 6.07) is 3.85. The third-order valence-electron chi connectivity index (χ3n) is 4.32. The highest BCUT2D eigenvalue weighted by Crippen LogP contribution is 2.34. The van der Waals surface area contributed by atoms with Crippen molar-refractivity contribution in [2.45, 2.75) is 40.5 Å². The van der Waals surface area contributed by atoms with E-state index in [1.165, 1.54) is 0 Å². The Morgan fingerprint density at radius 1 is 1.08 bits per heavy atom. The molecule has 0 unspecified atom stereocenters. The number of carbonyl (C=O) groups excluding carboxylic acids is 2. The van der Waals surface area contributed by atoms with Crippen LogP contribution in [0.3, 0.4) is 0 Å². The molecule has 0 aliphatic carbocycles. The lowest BCUT2D eigenvalue weighted by Gasteiger charge is -2.30. The molecular formula is C20H26N2O4. The Morgan fingerprint density at radius 3 is 2.12 bits per heavy atom. The molecule has 26 heavy (non-hydrogen) atoms. The molecule has 2 rings (SSSR count). The Bertz CT molecular complexity index is 683. The number of nitrogens with zero attached hydrogens (tertiary/aromatic N) is 1. The smallest absolute Gasteiger partial charge is 0.336 e. The molecule has 0 bridgehead atoms. The quantitative estimate of drug-likeness (QED) is 0.755. The maximum absolute atomic E-state index is 12.6. The van der Waals surface area contributed by atoms with Gasteiger partial charge in [0.15, 0.2) is 0 Å². The molecule has 1 aromatic heterocycles. The fraction of sp³-hybridized carbons (Fsp3) is 0.450. The summed E-state index contributed by atoms with van der Waals surface area (Å²) >= 11 is 0. The predicted octanol–water partition coefficient (Wildman–Crippen LogP) is 2.91. The fourth-order valence-electron chi connectivity index (χ4n) is 3.24. The number of rotatable bonds is 7. The molecule has 0 radical (unpaired) electrons. The summed E-state index contributed by atoms with van der Waals surface area (Å²) in [5.74, 6) is -1.18. The molecule has 0 saturated heterocycles. The number of esters is 2. The number of hydrogen-bond donors (Lipinski definition) is 1. The number of aryl methyl sites for hydroxylation is 1. The molecule has 6 nitrogen and oxygen atoms in total. The summed E-state index contributed by atoms with van der Waals surface area (Å²) in [6.45, 7) is 7.75. The normalized spacial score (nSPS) is 14.9. The van der Waals surface area contributed by atoms with Gasteiger partial charge in [-0.1, -0.05) is 6.07 Å². The lowest BCUT2D eigenvalue weighted by molar-refractivity contribution is -0.140. The van der Waals surface area contributed by atoms with Gasteiger partial charge in [0, 0.05) is 29.7 Å². The predicted molar refractivity (Wildman–Crippen MR) is 97.8 cm³/mol. The van der Waals surface area contributed by atoms with Crippen molar-refractivity contribution in [3.05, 3.63) is 52.6 Å². The third-order valence-corrected chi connectivity index (χ3v) is 4.32. The van der Waals surface area contributed by atoms with Crippen LogP contribution in [0.2, 0.25) is 0 Å². The van der Waals surface area contributed by atoms with Gasteiger partial charge in [-0.2, -0.15) is 0 Å². The van der Waals surface area contributed by atoms with Crippen LogP contribution in [0.25, 0.3) is 0 Å². The van der Waals surface area contributed by atoms with Crippen molar-refractivity contribution in [3.8, 4) is 0 Å². The molecule has 1 aliphatic heterocycles. The molecule has 6 heteroatoms. The standard InChI is InChI=1S/C20H26N2O4/c1-5-25-19(23)17-13(3)22-14(4)18(20(24)26-6-2)16(17)10-9-15-8-7-11-21-12-15/h7-8,11-12,16,22H,5-6,9-10H2,1-4H3. The number of pyridine rings is 1. The van der Waals surface area contributed by atoms with Crippen LogP contribution in [0.1, 0.15) is 39.7 Å². The number of allylic oxidation sites excluding steroid dienone is 2. The zero-order chi connectivity index (χ0) is 19.1. The molecule has 0 aromatic carbocycles.